The summed E-state index contributed by atoms with van der Waals surface area (Å²) in [5, 5.41) is 15.4. The molecule has 15 heavy (non-hydrogen) atoms. The first-order chi connectivity index (χ1) is 7.43. The maximum Gasteiger partial charge on any atom is 0.0621 e. The average molecular weight is 209 g/mol. The molecule has 86 valence electrons. The molecule has 0 aromatic carbocycles. The molecule has 3 nitrogen and oxygen atoms in total. The number of nitriles is 1. The van der Waals surface area contributed by atoms with Crippen molar-refractivity contribution in [1.29, 1.82) is 5.26 Å². The molecule has 0 aliphatic carbocycles. The second-order valence-corrected chi connectivity index (χ2v) is 4.28. The summed E-state index contributed by atoms with van der Waals surface area (Å²) in [4.78, 5) is 0. The predicted octanol–water partition coefficient (Wildman–Crippen LogP) is 2.15. The van der Waals surface area contributed by atoms with Gasteiger partial charge in [0, 0.05) is 6.42 Å². The van der Waals surface area contributed by atoms with Gasteiger partial charge in [-0.2, -0.15) is 5.26 Å². The second-order valence-electron chi connectivity index (χ2n) is 4.28. The summed E-state index contributed by atoms with van der Waals surface area (Å²) in [6, 6.07) is 2.18. The first-order valence-corrected chi connectivity index (χ1v) is 6.27. The van der Waals surface area contributed by atoms with Crippen LogP contribution in [0.4, 0.5) is 0 Å². The van der Waals surface area contributed by atoms with Gasteiger partial charge in [-0.15, -0.1) is 0 Å². The van der Waals surface area contributed by atoms with E-state index in [0.29, 0.717) is 12.6 Å². The van der Waals surface area contributed by atoms with E-state index in [4.69, 9.17) is 5.26 Å². The average Bonchev–Trinajstić information content (AvgIpc) is 2.52. The lowest BCUT2D eigenvalue weighted by Crippen LogP contribution is -2.41. The quantitative estimate of drug-likeness (QED) is 0.659. The van der Waals surface area contributed by atoms with E-state index in [1.807, 2.05) is 0 Å². The molecule has 0 amide bonds. The molecule has 2 N–H and O–H groups in total. The molecule has 1 aliphatic heterocycles. The van der Waals surface area contributed by atoms with Crippen LogP contribution in [0.5, 0.6) is 0 Å². The second kappa shape index (κ2) is 8.70. The van der Waals surface area contributed by atoms with Crippen molar-refractivity contribution in [2.75, 3.05) is 13.1 Å². The van der Waals surface area contributed by atoms with Gasteiger partial charge >= 0.3 is 0 Å². The minimum absolute atomic E-state index is 0.531. The SMILES string of the molecule is N#CCCCCCNC1CCCCCN1. The Bertz CT molecular complexity index is 178. The van der Waals surface area contributed by atoms with Crippen LogP contribution in [0.2, 0.25) is 0 Å². The molecule has 1 saturated heterocycles. The summed E-state index contributed by atoms with van der Waals surface area (Å²) in [5.41, 5.74) is 0. The summed E-state index contributed by atoms with van der Waals surface area (Å²) in [6.07, 6.45) is 9.96. The van der Waals surface area contributed by atoms with Gasteiger partial charge < -0.3 is 10.6 Å². The minimum atomic E-state index is 0.531. The van der Waals surface area contributed by atoms with Crippen LogP contribution in [0, 0.1) is 11.3 Å². The van der Waals surface area contributed by atoms with E-state index in [1.165, 1.54) is 38.5 Å². The van der Waals surface area contributed by atoms with E-state index in [0.717, 1.165) is 19.5 Å². The number of rotatable bonds is 6. The molecule has 0 aromatic heterocycles. The molecule has 1 aliphatic rings. The Labute approximate surface area is 93.2 Å². The van der Waals surface area contributed by atoms with Gasteiger partial charge in [0.2, 0.25) is 0 Å². The van der Waals surface area contributed by atoms with Gasteiger partial charge in [0.15, 0.2) is 0 Å². The Hall–Kier alpha value is -0.590. The van der Waals surface area contributed by atoms with Crippen LogP contribution in [-0.2, 0) is 0 Å². The zero-order chi connectivity index (χ0) is 10.8. The minimum Gasteiger partial charge on any atom is -0.302 e. The Morgan fingerprint density at radius 3 is 3.00 bits per heavy atom. The van der Waals surface area contributed by atoms with Crippen molar-refractivity contribution < 1.29 is 0 Å². The number of nitrogens with zero attached hydrogens (tertiary/aromatic N) is 1. The van der Waals surface area contributed by atoms with Crippen LogP contribution in [0.15, 0.2) is 0 Å². The monoisotopic (exact) mass is 209 g/mol. The van der Waals surface area contributed by atoms with Crippen molar-refractivity contribution in [3.8, 4) is 6.07 Å². The van der Waals surface area contributed by atoms with Gasteiger partial charge in [-0.1, -0.05) is 19.3 Å². The van der Waals surface area contributed by atoms with Crippen molar-refractivity contribution in [2.24, 2.45) is 0 Å². The molecule has 1 rings (SSSR count). The highest BCUT2D eigenvalue weighted by Crippen LogP contribution is 2.06. The van der Waals surface area contributed by atoms with Crippen LogP contribution in [0.25, 0.3) is 0 Å². The third-order valence-corrected chi connectivity index (χ3v) is 2.92. The smallest absolute Gasteiger partial charge is 0.0621 e. The lowest BCUT2D eigenvalue weighted by Gasteiger charge is -2.17. The van der Waals surface area contributed by atoms with E-state index >= 15 is 0 Å². The van der Waals surface area contributed by atoms with Gasteiger partial charge in [-0.25, -0.2) is 0 Å². The Kier molecular flexibility index (Phi) is 7.24. The topological polar surface area (TPSA) is 47.9 Å². The fourth-order valence-electron chi connectivity index (χ4n) is 1.98. The molecule has 1 heterocycles. The van der Waals surface area contributed by atoms with Crippen LogP contribution >= 0.6 is 0 Å². The van der Waals surface area contributed by atoms with Gasteiger partial charge in [-0.05, 0) is 38.8 Å². The lowest BCUT2D eigenvalue weighted by molar-refractivity contribution is 0.413. The van der Waals surface area contributed by atoms with Gasteiger partial charge in [-0.3, -0.25) is 0 Å². The molecule has 3 heteroatoms. The van der Waals surface area contributed by atoms with Crippen molar-refractivity contribution in [2.45, 2.75) is 57.5 Å². The number of unbranched alkanes of at least 4 members (excludes halogenated alkanes) is 3. The van der Waals surface area contributed by atoms with Crippen LogP contribution in [0.3, 0.4) is 0 Å². The van der Waals surface area contributed by atoms with Gasteiger partial charge in [0.25, 0.3) is 0 Å². The van der Waals surface area contributed by atoms with Gasteiger partial charge in [0.05, 0.1) is 12.2 Å². The van der Waals surface area contributed by atoms with E-state index in [2.05, 4.69) is 16.7 Å². The van der Waals surface area contributed by atoms with Crippen molar-refractivity contribution >= 4 is 0 Å². The Morgan fingerprint density at radius 1 is 1.20 bits per heavy atom. The number of nitrogens with one attached hydrogen (secondary N) is 2. The maximum atomic E-state index is 8.38. The standard InChI is InChI=1S/C12H23N3/c13-9-5-1-2-6-10-14-12-8-4-3-7-11-15-12/h12,14-15H,1-8,10-11H2. The van der Waals surface area contributed by atoms with Crippen molar-refractivity contribution in [3.05, 3.63) is 0 Å². The first-order valence-electron chi connectivity index (χ1n) is 6.27. The van der Waals surface area contributed by atoms with Gasteiger partial charge in [0.1, 0.15) is 0 Å². The van der Waals surface area contributed by atoms with Crippen molar-refractivity contribution in [3.63, 3.8) is 0 Å². The molecule has 1 atom stereocenters. The molecule has 1 unspecified atom stereocenters. The molecular formula is C12H23N3. The first kappa shape index (κ1) is 12.5. The summed E-state index contributed by atoms with van der Waals surface area (Å²) < 4.78 is 0. The van der Waals surface area contributed by atoms with E-state index in [-0.39, 0.29) is 0 Å². The van der Waals surface area contributed by atoms with Crippen molar-refractivity contribution in [1.82, 2.24) is 10.6 Å². The van der Waals surface area contributed by atoms with Crippen LogP contribution in [-0.4, -0.2) is 19.3 Å². The molecule has 0 radical (unpaired) electrons. The molecule has 0 aromatic rings. The third-order valence-electron chi connectivity index (χ3n) is 2.92. The molecule has 0 bridgehead atoms. The maximum absolute atomic E-state index is 8.38. The zero-order valence-electron chi connectivity index (χ0n) is 9.60. The summed E-state index contributed by atoms with van der Waals surface area (Å²) in [7, 11) is 0. The van der Waals surface area contributed by atoms with E-state index < -0.39 is 0 Å². The summed E-state index contributed by atoms with van der Waals surface area (Å²) in [6.45, 7) is 2.25. The fraction of sp³-hybridized carbons (Fsp3) is 0.917. The fourth-order valence-corrected chi connectivity index (χ4v) is 1.98. The van der Waals surface area contributed by atoms with Crippen LogP contribution in [0.1, 0.15) is 51.4 Å². The highest BCUT2D eigenvalue weighted by molar-refractivity contribution is 4.70. The predicted molar refractivity (Wildman–Crippen MR) is 62.3 cm³/mol. The highest BCUT2D eigenvalue weighted by Gasteiger charge is 2.09. The highest BCUT2D eigenvalue weighted by atomic mass is 15.1. The molecule has 1 fully saturated rings. The van der Waals surface area contributed by atoms with E-state index in [1.54, 1.807) is 0 Å². The third kappa shape index (κ3) is 6.48. The summed E-state index contributed by atoms with van der Waals surface area (Å²) >= 11 is 0. The molecule has 0 saturated carbocycles. The normalized spacial score (nSPS) is 21.9. The lowest BCUT2D eigenvalue weighted by atomic mass is 10.2. The molecule has 0 spiro atoms. The summed E-state index contributed by atoms with van der Waals surface area (Å²) in [5.74, 6) is 0. The van der Waals surface area contributed by atoms with Crippen LogP contribution < -0.4 is 10.6 Å². The Balaban J connectivity index is 1.92. The Morgan fingerprint density at radius 2 is 2.13 bits per heavy atom. The zero-order valence-corrected chi connectivity index (χ0v) is 9.60. The molecular weight excluding hydrogens is 186 g/mol. The number of hydrogen-bond donors (Lipinski definition) is 2. The largest absolute Gasteiger partial charge is 0.302 e. The number of hydrogen-bond acceptors (Lipinski definition) is 3. The van der Waals surface area contributed by atoms with E-state index in [9.17, 15) is 0 Å².